The van der Waals surface area contributed by atoms with Gasteiger partial charge in [-0.15, -0.1) is 0 Å². The van der Waals surface area contributed by atoms with Crippen LogP contribution >= 0.6 is 0 Å². The van der Waals surface area contributed by atoms with Crippen molar-refractivity contribution < 1.29 is 4.39 Å². The van der Waals surface area contributed by atoms with Gasteiger partial charge >= 0.3 is 0 Å². The average molecular weight is 223 g/mol. The van der Waals surface area contributed by atoms with Gasteiger partial charge in [-0.1, -0.05) is 46.8 Å². The number of rotatable bonds is 3. The van der Waals surface area contributed by atoms with Crippen molar-refractivity contribution in [2.24, 2.45) is 5.41 Å². The Morgan fingerprint density at radius 1 is 1.06 bits per heavy atom. The third kappa shape index (κ3) is 3.60. The molecule has 1 aromatic rings. The summed E-state index contributed by atoms with van der Waals surface area (Å²) >= 11 is 0. The van der Waals surface area contributed by atoms with Gasteiger partial charge in [0.05, 0.1) is 0 Å². The topological polar surface area (TPSA) is 12.0 Å². The Balaban J connectivity index is 2.97. The molecule has 0 spiro atoms. The second-order valence-electron chi connectivity index (χ2n) is 5.67. The molecule has 90 valence electrons. The van der Waals surface area contributed by atoms with Gasteiger partial charge in [-0.25, -0.2) is 4.39 Å². The van der Waals surface area contributed by atoms with Crippen molar-refractivity contribution in [2.75, 3.05) is 0 Å². The number of hydrogen-bond acceptors (Lipinski definition) is 1. The van der Waals surface area contributed by atoms with Gasteiger partial charge in [-0.05, 0) is 23.1 Å². The van der Waals surface area contributed by atoms with Gasteiger partial charge in [0.15, 0.2) is 0 Å². The summed E-state index contributed by atoms with van der Waals surface area (Å²) in [6, 6.07) is 7.43. The normalized spacial score (nSPS) is 14.2. The van der Waals surface area contributed by atoms with Crippen LogP contribution in [0.15, 0.2) is 24.3 Å². The molecule has 0 bridgehead atoms. The van der Waals surface area contributed by atoms with Gasteiger partial charge in [-0.2, -0.15) is 0 Å². The van der Waals surface area contributed by atoms with E-state index < -0.39 is 0 Å². The molecule has 0 saturated heterocycles. The molecule has 2 heteroatoms. The molecule has 0 aromatic heterocycles. The van der Waals surface area contributed by atoms with E-state index in [4.69, 9.17) is 0 Å². The summed E-state index contributed by atoms with van der Waals surface area (Å²) in [5, 5.41) is 3.53. The highest BCUT2D eigenvalue weighted by Crippen LogP contribution is 2.33. The zero-order valence-electron chi connectivity index (χ0n) is 10.8. The number of halogens is 1. The van der Waals surface area contributed by atoms with Crippen LogP contribution < -0.4 is 5.32 Å². The van der Waals surface area contributed by atoms with E-state index in [9.17, 15) is 4.39 Å². The van der Waals surface area contributed by atoms with Gasteiger partial charge in [0.2, 0.25) is 0 Å². The molecular weight excluding hydrogens is 201 g/mol. The molecule has 1 atom stereocenters. The van der Waals surface area contributed by atoms with Crippen molar-refractivity contribution in [1.29, 1.82) is 0 Å². The molecule has 0 aliphatic heterocycles. The standard InChI is InChI=1S/C14H22FN/c1-10(2)16-13(14(3,4)5)11-6-8-12(15)9-7-11/h6-10,13,16H,1-5H3. The summed E-state index contributed by atoms with van der Waals surface area (Å²) in [6.07, 6.45) is 0. The van der Waals surface area contributed by atoms with E-state index in [1.807, 2.05) is 12.1 Å². The minimum absolute atomic E-state index is 0.113. The molecule has 1 rings (SSSR count). The van der Waals surface area contributed by atoms with Crippen LogP contribution in [-0.2, 0) is 0 Å². The highest BCUT2D eigenvalue weighted by Gasteiger charge is 2.26. The third-order valence-corrected chi connectivity index (χ3v) is 2.57. The van der Waals surface area contributed by atoms with Gasteiger partial charge in [0.25, 0.3) is 0 Å². The van der Waals surface area contributed by atoms with Crippen LogP contribution in [0.4, 0.5) is 4.39 Å². The highest BCUT2D eigenvalue weighted by molar-refractivity contribution is 5.21. The molecule has 0 saturated carbocycles. The van der Waals surface area contributed by atoms with Crippen LogP contribution in [0.2, 0.25) is 0 Å². The number of nitrogens with one attached hydrogen (secondary N) is 1. The fourth-order valence-electron chi connectivity index (χ4n) is 1.83. The quantitative estimate of drug-likeness (QED) is 0.819. The Kier molecular flexibility index (Phi) is 4.09. The average Bonchev–Trinajstić information content (AvgIpc) is 2.14. The summed E-state index contributed by atoms with van der Waals surface area (Å²) in [7, 11) is 0. The fourth-order valence-corrected chi connectivity index (χ4v) is 1.83. The second-order valence-corrected chi connectivity index (χ2v) is 5.67. The lowest BCUT2D eigenvalue weighted by molar-refractivity contribution is 0.257. The van der Waals surface area contributed by atoms with Crippen molar-refractivity contribution >= 4 is 0 Å². The first-order valence-electron chi connectivity index (χ1n) is 5.82. The molecule has 0 radical (unpaired) electrons. The molecule has 1 unspecified atom stereocenters. The molecule has 0 fully saturated rings. The van der Waals surface area contributed by atoms with Gasteiger partial charge in [-0.3, -0.25) is 0 Å². The molecule has 0 aliphatic rings. The molecular formula is C14H22FN. The lowest BCUT2D eigenvalue weighted by atomic mass is 9.82. The van der Waals surface area contributed by atoms with E-state index >= 15 is 0 Å². The van der Waals surface area contributed by atoms with Crippen molar-refractivity contribution in [2.45, 2.75) is 46.7 Å². The second kappa shape index (κ2) is 4.96. The summed E-state index contributed by atoms with van der Waals surface area (Å²) in [6.45, 7) is 10.8. The number of hydrogen-bond donors (Lipinski definition) is 1. The predicted octanol–water partition coefficient (Wildman–Crippen LogP) is 3.91. The first-order valence-corrected chi connectivity index (χ1v) is 5.82. The van der Waals surface area contributed by atoms with Crippen LogP contribution in [0, 0.1) is 11.2 Å². The maximum atomic E-state index is 12.9. The Morgan fingerprint density at radius 2 is 1.56 bits per heavy atom. The van der Waals surface area contributed by atoms with Crippen LogP contribution in [0.3, 0.4) is 0 Å². The monoisotopic (exact) mass is 223 g/mol. The third-order valence-electron chi connectivity index (χ3n) is 2.57. The maximum absolute atomic E-state index is 12.9. The van der Waals surface area contributed by atoms with Crippen LogP contribution in [0.5, 0.6) is 0 Å². The first-order chi connectivity index (χ1) is 7.30. The Morgan fingerprint density at radius 3 is 1.94 bits per heavy atom. The van der Waals surface area contributed by atoms with Crippen molar-refractivity contribution in [3.63, 3.8) is 0 Å². The molecule has 1 N–H and O–H groups in total. The Bertz CT molecular complexity index is 322. The van der Waals surface area contributed by atoms with Crippen LogP contribution in [0.25, 0.3) is 0 Å². The van der Waals surface area contributed by atoms with Gasteiger partial charge < -0.3 is 5.32 Å². The first kappa shape index (κ1) is 13.2. The molecule has 16 heavy (non-hydrogen) atoms. The van der Waals surface area contributed by atoms with E-state index in [-0.39, 0.29) is 17.3 Å². The lowest BCUT2D eigenvalue weighted by Gasteiger charge is -2.33. The lowest BCUT2D eigenvalue weighted by Crippen LogP contribution is -2.36. The molecule has 1 aromatic carbocycles. The van der Waals surface area contributed by atoms with Gasteiger partial charge in [0.1, 0.15) is 5.82 Å². The SMILES string of the molecule is CC(C)NC(c1ccc(F)cc1)C(C)(C)C. The van der Waals surface area contributed by atoms with Crippen LogP contribution in [-0.4, -0.2) is 6.04 Å². The number of benzene rings is 1. The predicted molar refractivity (Wildman–Crippen MR) is 66.9 cm³/mol. The minimum atomic E-state index is -0.180. The van der Waals surface area contributed by atoms with E-state index in [1.54, 1.807) is 0 Å². The van der Waals surface area contributed by atoms with Gasteiger partial charge in [0, 0.05) is 12.1 Å². The molecule has 0 heterocycles. The zero-order chi connectivity index (χ0) is 12.3. The summed E-state index contributed by atoms with van der Waals surface area (Å²) in [5.41, 5.74) is 1.25. The van der Waals surface area contributed by atoms with E-state index in [2.05, 4.69) is 39.9 Å². The summed E-state index contributed by atoms with van der Waals surface area (Å²) in [5.74, 6) is -0.180. The van der Waals surface area contributed by atoms with E-state index in [1.165, 1.54) is 12.1 Å². The van der Waals surface area contributed by atoms with Crippen molar-refractivity contribution in [1.82, 2.24) is 5.32 Å². The largest absolute Gasteiger partial charge is 0.307 e. The fraction of sp³-hybridized carbons (Fsp3) is 0.571. The van der Waals surface area contributed by atoms with E-state index in [0.29, 0.717) is 6.04 Å². The Labute approximate surface area is 98.1 Å². The smallest absolute Gasteiger partial charge is 0.123 e. The maximum Gasteiger partial charge on any atom is 0.123 e. The van der Waals surface area contributed by atoms with E-state index in [0.717, 1.165) is 5.56 Å². The summed E-state index contributed by atoms with van der Waals surface area (Å²) in [4.78, 5) is 0. The zero-order valence-corrected chi connectivity index (χ0v) is 10.8. The van der Waals surface area contributed by atoms with Crippen molar-refractivity contribution in [3.05, 3.63) is 35.6 Å². The molecule has 1 nitrogen and oxygen atoms in total. The van der Waals surface area contributed by atoms with Crippen LogP contribution in [0.1, 0.15) is 46.2 Å². The van der Waals surface area contributed by atoms with Crippen molar-refractivity contribution in [3.8, 4) is 0 Å². The molecule has 0 amide bonds. The summed E-state index contributed by atoms with van der Waals surface area (Å²) < 4.78 is 12.9. The molecule has 0 aliphatic carbocycles. The minimum Gasteiger partial charge on any atom is -0.307 e. The highest BCUT2D eigenvalue weighted by atomic mass is 19.1. The Hall–Kier alpha value is -0.890.